The van der Waals surface area contributed by atoms with Gasteiger partial charge in [0, 0.05) is 33.0 Å². The number of hydrogen-bond acceptors (Lipinski definition) is 6. The van der Waals surface area contributed by atoms with Crippen molar-refractivity contribution >= 4 is 79.9 Å². The number of unbranched alkanes of at least 4 members (excludes halogenated alkanes) is 4. The molecule has 334 valence electrons. The van der Waals surface area contributed by atoms with Crippen LogP contribution < -0.4 is 18.9 Å². The van der Waals surface area contributed by atoms with Crippen LogP contribution in [0, 0.1) is 0 Å². The van der Waals surface area contributed by atoms with E-state index in [1.807, 2.05) is 72.8 Å². The lowest BCUT2D eigenvalue weighted by Crippen LogP contribution is -2.12. The SMILES string of the molecule is CCCCCOc1ccc(C(=O)Oc2c(-c3c(-c4cccc(Cl)c4Cl)cc4ccccc4c3OC(=O)c3ccc(OCCCCC)cc3)c(-c3cccc(Cl)c3Cl)cc3ccccc23)cc1. The first-order valence-corrected chi connectivity index (χ1v) is 23.6. The maximum Gasteiger partial charge on any atom is 0.343 e. The maximum absolute atomic E-state index is 14.6. The first-order chi connectivity index (χ1) is 32.2. The van der Waals surface area contributed by atoms with E-state index >= 15 is 0 Å². The van der Waals surface area contributed by atoms with Gasteiger partial charge in [-0.15, -0.1) is 0 Å². The molecule has 6 nitrogen and oxygen atoms in total. The molecule has 66 heavy (non-hydrogen) atoms. The molecule has 0 unspecified atom stereocenters. The van der Waals surface area contributed by atoms with Crippen LogP contribution in [0.5, 0.6) is 23.0 Å². The fourth-order valence-corrected chi connectivity index (χ4v) is 8.75. The first kappa shape index (κ1) is 46.5. The second-order valence-electron chi connectivity index (χ2n) is 15.8. The highest BCUT2D eigenvalue weighted by Crippen LogP contribution is 2.55. The Hall–Kier alpha value is -6.02. The number of ether oxygens (including phenoxy) is 4. The number of carbonyl (C=O) groups is 2. The molecule has 0 aromatic heterocycles. The van der Waals surface area contributed by atoms with Crippen LogP contribution >= 0.6 is 46.4 Å². The van der Waals surface area contributed by atoms with Crippen LogP contribution in [0.25, 0.3) is 54.9 Å². The Balaban J connectivity index is 1.40. The average Bonchev–Trinajstić information content (AvgIpc) is 3.34. The van der Waals surface area contributed by atoms with Gasteiger partial charge in [-0.25, -0.2) is 9.59 Å². The molecule has 0 aliphatic rings. The summed E-state index contributed by atoms with van der Waals surface area (Å²) in [6, 6.07) is 43.5. The van der Waals surface area contributed by atoms with Crippen LogP contribution in [0.4, 0.5) is 0 Å². The summed E-state index contributed by atoms with van der Waals surface area (Å²) in [7, 11) is 0. The van der Waals surface area contributed by atoms with Crippen LogP contribution in [-0.2, 0) is 0 Å². The standard InChI is InChI=1S/C56H46Cl4O6/c1-3-5-11-31-63-39-27-23-35(24-28-39)55(61)65-53-41-17-9-7-15-37(41)33-45(43-19-13-21-47(57)51(43)59)49(53)50-46(44-20-14-22-48(58)52(44)60)34-38-16-8-10-18-42(38)54(50)66-56(62)36-25-29-40(30-26-36)64-32-12-6-4-2/h7-10,13-30,33-34H,3-6,11-12,31-32H2,1-2H3. The normalized spacial score (nSPS) is 11.2. The van der Waals surface area contributed by atoms with E-state index in [4.69, 9.17) is 65.4 Å². The molecule has 0 spiro atoms. The fourth-order valence-electron chi connectivity index (χ4n) is 7.95. The molecule has 0 amide bonds. The predicted molar refractivity (Wildman–Crippen MR) is 271 cm³/mol. The molecule has 0 N–H and O–H groups in total. The minimum atomic E-state index is -0.632. The highest BCUT2D eigenvalue weighted by molar-refractivity contribution is 6.44. The monoisotopic (exact) mass is 954 g/mol. The van der Waals surface area contributed by atoms with Gasteiger partial charge < -0.3 is 18.9 Å². The van der Waals surface area contributed by atoms with Crippen molar-refractivity contribution in [2.75, 3.05) is 13.2 Å². The molecular formula is C56H46Cl4O6. The van der Waals surface area contributed by atoms with Crippen molar-refractivity contribution in [3.63, 3.8) is 0 Å². The molecule has 0 saturated heterocycles. The second kappa shape index (κ2) is 21.5. The third kappa shape index (κ3) is 10.2. The van der Waals surface area contributed by atoms with Gasteiger partial charge in [-0.3, -0.25) is 0 Å². The first-order valence-electron chi connectivity index (χ1n) is 22.1. The molecule has 0 bridgehead atoms. The third-order valence-electron chi connectivity index (χ3n) is 11.3. The summed E-state index contributed by atoms with van der Waals surface area (Å²) < 4.78 is 25.3. The van der Waals surface area contributed by atoms with Crippen LogP contribution in [0.3, 0.4) is 0 Å². The molecule has 8 aromatic rings. The Morgan fingerprint density at radius 2 is 0.833 bits per heavy atom. The number of benzene rings is 8. The van der Waals surface area contributed by atoms with Crippen molar-refractivity contribution in [3.8, 4) is 56.4 Å². The Kier molecular flexibility index (Phi) is 15.2. The van der Waals surface area contributed by atoms with Gasteiger partial charge in [0.15, 0.2) is 0 Å². The number of fused-ring (bicyclic) bond motifs is 2. The number of esters is 2. The third-order valence-corrected chi connectivity index (χ3v) is 13.0. The zero-order valence-electron chi connectivity index (χ0n) is 36.5. The Morgan fingerprint density at radius 1 is 0.439 bits per heavy atom. The van der Waals surface area contributed by atoms with E-state index in [-0.39, 0.29) is 32.7 Å². The quantitative estimate of drug-likeness (QED) is 0.0514. The van der Waals surface area contributed by atoms with Crippen LogP contribution in [-0.4, -0.2) is 25.2 Å². The lowest BCUT2D eigenvalue weighted by Gasteiger charge is -2.25. The topological polar surface area (TPSA) is 71.1 Å². The molecule has 8 aromatic carbocycles. The van der Waals surface area contributed by atoms with E-state index in [1.165, 1.54) is 0 Å². The van der Waals surface area contributed by atoms with E-state index in [1.54, 1.807) is 72.8 Å². The van der Waals surface area contributed by atoms with Crippen molar-refractivity contribution < 1.29 is 28.5 Å². The van der Waals surface area contributed by atoms with Crippen molar-refractivity contribution in [1.82, 2.24) is 0 Å². The zero-order valence-corrected chi connectivity index (χ0v) is 39.5. The summed E-state index contributed by atoms with van der Waals surface area (Å²) in [4.78, 5) is 29.2. The summed E-state index contributed by atoms with van der Waals surface area (Å²) in [5, 5.41) is 3.83. The summed E-state index contributed by atoms with van der Waals surface area (Å²) in [5.74, 6) is 0.387. The van der Waals surface area contributed by atoms with E-state index in [0.29, 0.717) is 78.9 Å². The van der Waals surface area contributed by atoms with Gasteiger partial charge in [-0.1, -0.05) is 159 Å². The largest absolute Gasteiger partial charge is 0.494 e. The molecule has 0 heterocycles. The van der Waals surface area contributed by atoms with Crippen LogP contribution in [0.15, 0.2) is 146 Å². The minimum Gasteiger partial charge on any atom is -0.494 e. The molecule has 0 fully saturated rings. The molecular weight excluding hydrogens is 910 g/mol. The van der Waals surface area contributed by atoms with E-state index in [2.05, 4.69) is 13.8 Å². The lowest BCUT2D eigenvalue weighted by molar-refractivity contribution is 0.0725. The number of hydrogen-bond donors (Lipinski definition) is 0. The summed E-state index contributed by atoms with van der Waals surface area (Å²) >= 11 is 27.8. The maximum atomic E-state index is 14.6. The number of carbonyl (C=O) groups excluding carboxylic acids is 2. The Bertz CT molecular complexity index is 2830. The second-order valence-corrected chi connectivity index (χ2v) is 17.4. The number of rotatable bonds is 17. The summed E-state index contributed by atoms with van der Waals surface area (Å²) in [5.41, 5.74) is 3.50. The fraction of sp³-hybridized carbons (Fsp3) is 0.179. The summed E-state index contributed by atoms with van der Waals surface area (Å²) in [6.45, 7) is 5.42. The molecule has 10 heteroatoms. The van der Waals surface area contributed by atoms with E-state index in [9.17, 15) is 9.59 Å². The van der Waals surface area contributed by atoms with Gasteiger partial charge in [0.1, 0.15) is 23.0 Å². The lowest BCUT2D eigenvalue weighted by atomic mass is 9.84. The Labute approximate surface area is 404 Å². The van der Waals surface area contributed by atoms with Crippen molar-refractivity contribution in [3.05, 3.63) is 177 Å². The highest BCUT2D eigenvalue weighted by Gasteiger charge is 2.30. The summed E-state index contributed by atoms with van der Waals surface area (Å²) in [6.07, 6.45) is 6.14. The average molecular weight is 957 g/mol. The van der Waals surface area contributed by atoms with Gasteiger partial charge in [0.05, 0.1) is 44.4 Å². The molecule has 0 atom stereocenters. The number of halogens is 4. The van der Waals surface area contributed by atoms with Crippen molar-refractivity contribution in [2.24, 2.45) is 0 Å². The Morgan fingerprint density at radius 3 is 1.23 bits per heavy atom. The molecule has 0 radical (unpaired) electrons. The van der Waals surface area contributed by atoms with Gasteiger partial charge in [0.2, 0.25) is 0 Å². The van der Waals surface area contributed by atoms with E-state index in [0.717, 1.165) is 49.3 Å². The minimum absolute atomic E-state index is 0.181. The van der Waals surface area contributed by atoms with Crippen molar-refractivity contribution in [2.45, 2.75) is 52.4 Å². The molecule has 0 aliphatic carbocycles. The van der Waals surface area contributed by atoms with Gasteiger partial charge in [0.25, 0.3) is 0 Å². The van der Waals surface area contributed by atoms with Gasteiger partial charge in [-0.05, 0) is 108 Å². The zero-order chi connectivity index (χ0) is 46.2. The van der Waals surface area contributed by atoms with Crippen LogP contribution in [0.2, 0.25) is 20.1 Å². The van der Waals surface area contributed by atoms with Gasteiger partial charge in [-0.2, -0.15) is 0 Å². The molecule has 0 aliphatic heterocycles. The molecule has 0 saturated carbocycles. The predicted octanol–water partition coefficient (Wildman–Crippen LogP) is 17.2. The van der Waals surface area contributed by atoms with Crippen LogP contribution in [0.1, 0.15) is 73.1 Å². The van der Waals surface area contributed by atoms with Gasteiger partial charge >= 0.3 is 11.9 Å². The van der Waals surface area contributed by atoms with E-state index < -0.39 is 11.9 Å². The molecule has 8 rings (SSSR count). The smallest absolute Gasteiger partial charge is 0.343 e. The highest BCUT2D eigenvalue weighted by atomic mass is 35.5. The van der Waals surface area contributed by atoms with Crippen molar-refractivity contribution in [1.29, 1.82) is 0 Å².